The molecule has 1 saturated carbocycles. The lowest BCUT2D eigenvalue weighted by Gasteiger charge is -2.31. The molecule has 9 nitrogen and oxygen atoms in total. The Morgan fingerprint density at radius 2 is 1.79 bits per heavy atom. The van der Waals surface area contributed by atoms with Gasteiger partial charge in [0.25, 0.3) is 0 Å². The van der Waals surface area contributed by atoms with E-state index in [1.54, 1.807) is 6.92 Å². The molecule has 0 atom stereocenters. The van der Waals surface area contributed by atoms with Crippen LogP contribution in [-0.2, 0) is 9.47 Å². The third-order valence-electron chi connectivity index (χ3n) is 4.18. The van der Waals surface area contributed by atoms with Gasteiger partial charge in [0.1, 0.15) is 11.3 Å². The first-order chi connectivity index (χ1) is 13.1. The second-order valence-corrected chi connectivity index (χ2v) is 8.00. The largest absolute Gasteiger partial charge is 0.461 e. The summed E-state index contributed by atoms with van der Waals surface area (Å²) in [4.78, 5) is 31.8. The number of carbonyl (C=O) groups is 2. The molecule has 2 rings (SSSR count). The van der Waals surface area contributed by atoms with Crippen LogP contribution in [0, 0.1) is 0 Å². The number of aromatic nitrogens is 2. The molecule has 1 aromatic rings. The monoisotopic (exact) mass is 413 g/mol. The van der Waals surface area contributed by atoms with Gasteiger partial charge in [-0.1, -0.05) is 0 Å². The maximum atomic E-state index is 12.0. The molecule has 10 heteroatoms. The first-order valence-electron chi connectivity index (χ1n) is 9.35. The Labute approximate surface area is 169 Å². The molecule has 1 amide bonds. The number of alkyl carbamates (subject to hydrolysis) is 1. The van der Waals surface area contributed by atoms with Crippen LogP contribution in [0.3, 0.4) is 0 Å². The SMILES string of the molecule is CCOC(=O)c1nc(Cl)nc(N[C@H]2CC[C@H](NC(=O)OC(C)(C)C)CC2)c1N. The van der Waals surface area contributed by atoms with E-state index in [4.69, 9.17) is 26.8 Å². The summed E-state index contributed by atoms with van der Waals surface area (Å²) in [5, 5.41) is 6.04. The van der Waals surface area contributed by atoms with Crippen molar-refractivity contribution in [3.05, 3.63) is 11.0 Å². The lowest BCUT2D eigenvalue weighted by Crippen LogP contribution is -2.42. The van der Waals surface area contributed by atoms with Crippen LogP contribution in [0.4, 0.5) is 16.3 Å². The molecule has 1 aliphatic rings. The number of hydrogen-bond donors (Lipinski definition) is 3. The van der Waals surface area contributed by atoms with Crippen molar-refractivity contribution in [2.24, 2.45) is 0 Å². The van der Waals surface area contributed by atoms with Gasteiger partial charge in [-0.25, -0.2) is 14.6 Å². The highest BCUT2D eigenvalue weighted by Crippen LogP contribution is 2.27. The van der Waals surface area contributed by atoms with Gasteiger partial charge in [-0.2, -0.15) is 4.98 Å². The van der Waals surface area contributed by atoms with Crippen LogP contribution in [0.25, 0.3) is 0 Å². The predicted molar refractivity (Wildman–Crippen MR) is 106 cm³/mol. The number of nitrogens with two attached hydrogens (primary N) is 1. The van der Waals surface area contributed by atoms with Crippen molar-refractivity contribution in [2.45, 2.75) is 71.1 Å². The fourth-order valence-corrected chi connectivity index (χ4v) is 3.13. The number of nitrogen functional groups attached to an aromatic ring is 1. The smallest absolute Gasteiger partial charge is 0.407 e. The van der Waals surface area contributed by atoms with Gasteiger partial charge < -0.3 is 25.8 Å². The molecule has 28 heavy (non-hydrogen) atoms. The van der Waals surface area contributed by atoms with E-state index >= 15 is 0 Å². The average Bonchev–Trinajstić information content (AvgIpc) is 2.58. The van der Waals surface area contributed by atoms with Crippen molar-refractivity contribution in [3.8, 4) is 0 Å². The van der Waals surface area contributed by atoms with E-state index in [-0.39, 0.29) is 35.4 Å². The second-order valence-electron chi connectivity index (χ2n) is 7.66. The first-order valence-corrected chi connectivity index (χ1v) is 9.73. The molecule has 4 N–H and O–H groups in total. The maximum absolute atomic E-state index is 12.0. The summed E-state index contributed by atoms with van der Waals surface area (Å²) in [6.07, 6.45) is 2.72. The summed E-state index contributed by atoms with van der Waals surface area (Å²) in [5.74, 6) is -0.329. The first kappa shape index (κ1) is 22.0. The topological polar surface area (TPSA) is 128 Å². The number of nitrogens with one attached hydrogen (secondary N) is 2. The minimum absolute atomic E-state index is 0.0503. The third kappa shape index (κ3) is 6.40. The van der Waals surface area contributed by atoms with E-state index in [0.29, 0.717) is 5.82 Å². The zero-order valence-electron chi connectivity index (χ0n) is 16.7. The molecule has 1 aliphatic carbocycles. The highest BCUT2D eigenvalue weighted by Gasteiger charge is 2.26. The van der Waals surface area contributed by atoms with E-state index in [2.05, 4.69) is 20.6 Å². The quantitative estimate of drug-likeness (QED) is 0.496. The number of nitrogens with zero attached hydrogens (tertiary/aromatic N) is 2. The molecule has 156 valence electrons. The molecule has 0 aromatic carbocycles. The molecular weight excluding hydrogens is 386 g/mol. The molecular formula is C18H28ClN5O4. The highest BCUT2D eigenvalue weighted by molar-refractivity contribution is 6.28. The Morgan fingerprint density at radius 3 is 2.36 bits per heavy atom. The zero-order chi connectivity index (χ0) is 20.9. The van der Waals surface area contributed by atoms with Crippen molar-refractivity contribution in [3.63, 3.8) is 0 Å². The number of ether oxygens (including phenoxy) is 2. The molecule has 0 unspecified atom stereocenters. The van der Waals surface area contributed by atoms with Crippen LogP contribution in [0.1, 0.15) is 63.9 Å². The standard InChI is InChI=1S/C18H28ClN5O4/c1-5-27-15(25)13-12(20)14(24-16(19)23-13)21-10-6-8-11(9-7-10)22-17(26)28-18(2,3)4/h10-11H,5-9,20H2,1-4H3,(H,22,26)(H,21,23,24)/t10-,11-. The predicted octanol–water partition coefficient (Wildman–Crippen LogP) is 3.14. The van der Waals surface area contributed by atoms with Gasteiger partial charge in [0.05, 0.1) is 6.61 Å². The number of hydrogen-bond acceptors (Lipinski definition) is 8. The van der Waals surface area contributed by atoms with Gasteiger partial charge in [0.2, 0.25) is 5.28 Å². The van der Waals surface area contributed by atoms with E-state index in [9.17, 15) is 9.59 Å². The van der Waals surface area contributed by atoms with Crippen molar-refractivity contribution in [1.82, 2.24) is 15.3 Å². The Balaban J connectivity index is 1.94. The number of carbonyl (C=O) groups excluding carboxylic acids is 2. The van der Waals surface area contributed by atoms with Crippen LogP contribution in [0.5, 0.6) is 0 Å². The second kappa shape index (κ2) is 9.27. The number of halogens is 1. The van der Waals surface area contributed by atoms with Crippen molar-refractivity contribution in [2.75, 3.05) is 17.7 Å². The number of esters is 1. The van der Waals surface area contributed by atoms with Crippen molar-refractivity contribution < 1.29 is 19.1 Å². The lowest BCUT2D eigenvalue weighted by molar-refractivity contribution is 0.0489. The molecule has 1 fully saturated rings. The number of rotatable bonds is 5. The van der Waals surface area contributed by atoms with E-state index < -0.39 is 17.7 Å². The molecule has 1 aromatic heterocycles. The van der Waals surface area contributed by atoms with Crippen molar-refractivity contribution >= 4 is 35.2 Å². The Hall–Kier alpha value is -2.29. The van der Waals surface area contributed by atoms with E-state index in [1.807, 2.05) is 20.8 Å². The maximum Gasteiger partial charge on any atom is 0.407 e. The summed E-state index contributed by atoms with van der Waals surface area (Å²) in [6, 6.07) is 0.134. The molecule has 0 bridgehead atoms. The average molecular weight is 414 g/mol. The van der Waals surface area contributed by atoms with Crippen LogP contribution in [0.2, 0.25) is 5.28 Å². The third-order valence-corrected chi connectivity index (χ3v) is 4.35. The highest BCUT2D eigenvalue weighted by atomic mass is 35.5. The van der Waals surface area contributed by atoms with Crippen LogP contribution < -0.4 is 16.4 Å². The van der Waals surface area contributed by atoms with Crippen LogP contribution >= 0.6 is 11.6 Å². The van der Waals surface area contributed by atoms with Gasteiger partial charge in [-0.3, -0.25) is 0 Å². The fraction of sp³-hybridized carbons (Fsp3) is 0.667. The van der Waals surface area contributed by atoms with E-state index in [0.717, 1.165) is 25.7 Å². The van der Waals surface area contributed by atoms with Crippen molar-refractivity contribution in [1.29, 1.82) is 0 Å². The Bertz CT molecular complexity index is 715. The lowest BCUT2D eigenvalue weighted by atomic mass is 9.91. The molecule has 0 spiro atoms. The van der Waals surface area contributed by atoms with Crippen LogP contribution in [-0.4, -0.2) is 46.3 Å². The Morgan fingerprint density at radius 1 is 1.18 bits per heavy atom. The Kier molecular flexibility index (Phi) is 7.29. The normalized spacial score (nSPS) is 19.6. The molecule has 0 radical (unpaired) electrons. The van der Waals surface area contributed by atoms with Gasteiger partial charge >= 0.3 is 12.1 Å². The molecule has 1 heterocycles. The summed E-state index contributed by atoms with van der Waals surface area (Å²) >= 11 is 5.93. The number of amides is 1. The van der Waals surface area contributed by atoms with Gasteiger partial charge in [-0.05, 0) is 65.0 Å². The minimum Gasteiger partial charge on any atom is -0.461 e. The minimum atomic E-state index is -0.641. The summed E-state index contributed by atoms with van der Waals surface area (Å²) in [5.41, 5.74) is 5.56. The zero-order valence-corrected chi connectivity index (χ0v) is 17.4. The van der Waals surface area contributed by atoms with Crippen LogP contribution in [0.15, 0.2) is 0 Å². The van der Waals surface area contributed by atoms with Gasteiger partial charge in [-0.15, -0.1) is 0 Å². The molecule has 0 aliphatic heterocycles. The molecule has 0 saturated heterocycles. The summed E-state index contributed by atoms with van der Waals surface area (Å²) in [6.45, 7) is 7.39. The fourth-order valence-electron chi connectivity index (χ4n) is 2.96. The van der Waals surface area contributed by atoms with Gasteiger partial charge in [0.15, 0.2) is 11.5 Å². The number of anilines is 2. The van der Waals surface area contributed by atoms with E-state index in [1.165, 1.54) is 0 Å². The van der Waals surface area contributed by atoms with Gasteiger partial charge in [0, 0.05) is 12.1 Å². The summed E-state index contributed by atoms with van der Waals surface area (Å²) < 4.78 is 10.2. The summed E-state index contributed by atoms with van der Waals surface area (Å²) in [7, 11) is 0.